The molecule has 0 unspecified atom stereocenters. The SMILES string of the molecule is CNC(=O)[C@@H](Cc1ccc(F)cc1)N(C)C(=O)[C@@H](Cc1ccc(-c2ccccc2)cc1)N(C)C(=O)/C=C/CC(C)(C)N. The van der Waals surface area contributed by atoms with Crippen molar-refractivity contribution in [3.8, 4) is 11.1 Å². The predicted molar refractivity (Wildman–Crippen MR) is 165 cm³/mol. The molecule has 7 nitrogen and oxygen atoms in total. The van der Waals surface area contributed by atoms with Crippen LogP contribution < -0.4 is 11.1 Å². The van der Waals surface area contributed by atoms with Gasteiger partial charge in [0.05, 0.1) is 0 Å². The molecule has 0 spiro atoms. The second-order valence-corrected chi connectivity index (χ2v) is 11.2. The number of amides is 3. The third-order valence-electron chi connectivity index (χ3n) is 7.20. The fraction of sp³-hybridized carbons (Fsp3) is 0.324. The second kappa shape index (κ2) is 14.5. The molecule has 3 aromatic carbocycles. The fourth-order valence-corrected chi connectivity index (χ4v) is 4.62. The maximum Gasteiger partial charge on any atom is 0.246 e. The van der Waals surface area contributed by atoms with Gasteiger partial charge >= 0.3 is 0 Å². The van der Waals surface area contributed by atoms with Gasteiger partial charge in [0.1, 0.15) is 17.9 Å². The summed E-state index contributed by atoms with van der Waals surface area (Å²) in [7, 11) is 4.65. The highest BCUT2D eigenvalue weighted by Gasteiger charge is 2.34. The summed E-state index contributed by atoms with van der Waals surface area (Å²) < 4.78 is 13.5. The van der Waals surface area contributed by atoms with E-state index in [1.807, 2.05) is 68.4 Å². The Labute approximate surface area is 248 Å². The quantitative estimate of drug-likeness (QED) is 0.315. The number of rotatable bonds is 12. The van der Waals surface area contributed by atoms with E-state index in [1.54, 1.807) is 32.3 Å². The van der Waals surface area contributed by atoms with Crippen LogP contribution in [0.2, 0.25) is 0 Å². The minimum Gasteiger partial charge on any atom is -0.357 e. The number of carbonyl (C=O) groups is 3. The highest BCUT2D eigenvalue weighted by molar-refractivity contribution is 5.95. The smallest absolute Gasteiger partial charge is 0.246 e. The van der Waals surface area contributed by atoms with Gasteiger partial charge in [0, 0.05) is 39.5 Å². The van der Waals surface area contributed by atoms with Gasteiger partial charge in [-0.2, -0.15) is 0 Å². The Kier molecular flexibility index (Phi) is 11.2. The number of nitrogens with two attached hydrogens (primary N) is 1. The zero-order valence-electron chi connectivity index (χ0n) is 25.0. The van der Waals surface area contributed by atoms with Crippen molar-refractivity contribution >= 4 is 17.7 Å². The molecule has 3 rings (SSSR count). The van der Waals surface area contributed by atoms with Crippen molar-refractivity contribution in [1.29, 1.82) is 0 Å². The maximum atomic E-state index is 14.1. The molecule has 8 heteroatoms. The highest BCUT2D eigenvalue weighted by Crippen LogP contribution is 2.21. The Morgan fingerprint density at radius 2 is 1.36 bits per heavy atom. The van der Waals surface area contributed by atoms with E-state index < -0.39 is 17.6 Å². The molecule has 3 N–H and O–H groups in total. The molecule has 0 bridgehead atoms. The number of nitrogens with one attached hydrogen (secondary N) is 1. The first-order valence-electron chi connectivity index (χ1n) is 14.0. The average Bonchev–Trinajstić information content (AvgIpc) is 2.98. The fourth-order valence-electron chi connectivity index (χ4n) is 4.62. The maximum absolute atomic E-state index is 14.1. The third kappa shape index (κ3) is 9.11. The summed E-state index contributed by atoms with van der Waals surface area (Å²) in [4.78, 5) is 43.0. The summed E-state index contributed by atoms with van der Waals surface area (Å²) in [5.41, 5.74) is 9.25. The first-order chi connectivity index (χ1) is 19.9. The topological polar surface area (TPSA) is 95.7 Å². The number of halogens is 1. The lowest BCUT2D eigenvalue weighted by molar-refractivity contribution is -0.146. The van der Waals surface area contributed by atoms with E-state index in [1.165, 1.54) is 35.1 Å². The van der Waals surface area contributed by atoms with Crippen molar-refractivity contribution in [2.45, 2.75) is 50.7 Å². The van der Waals surface area contributed by atoms with Crippen molar-refractivity contribution in [3.63, 3.8) is 0 Å². The third-order valence-corrected chi connectivity index (χ3v) is 7.20. The first-order valence-corrected chi connectivity index (χ1v) is 14.0. The van der Waals surface area contributed by atoms with Crippen LogP contribution in [0.1, 0.15) is 31.4 Å². The number of likely N-dealkylation sites (N-methyl/N-ethyl adjacent to an activating group) is 3. The molecule has 42 heavy (non-hydrogen) atoms. The molecular formula is C34H41FN4O3. The average molecular weight is 573 g/mol. The van der Waals surface area contributed by atoms with E-state index in [0.717, 1.165) is 16.7 Å². The normalized spacial score (nSPS) is 12.9. The summed E-state index contributed by atoms with van der Waals surface area (Å²) in [5, 5.41) is 2.63. The van der Waals surface area contributed by atoms with E-state index in [-0.39, 0.29) is 36.4 Å². The summed E-state index contributed by atoms with van der Waals surface area (Å²) in [6.45, 7) is 3.73. The molecule has 3 amide bonds. The van der Waals surface area contributed by atoms with Gasteiger partial charge in [-0.3, -0.25) is 14.4 Å². The van der Waals surface area contributed by atoms with Gasteiger partial charge in [-0.05, 0) is 60.7 Å². The molecule has 0 aromatic heterocycles. The molecule has 0 aliphatic carbocycles. The van der Waals surface area contributed by atoms with Gasteiger partial charge in [-0.25, -0.2) is 4.39 Å². The Hall–Kier alpha value is -4.30. The van der Waals surface area contributed by atoms with Crippen LogP contribution in [-0.2, 0) is 27.2 Å². The minimum absolute atomic E-state index is 0.184. The number of nitrogens with zero attached hydrogens (tertiary/aromatic N) is 2. The number of hydrogen-bond acceptors (Lipinski definition) is 4. The van der Waals surface area contributed by atoms with Gasteiger partial charge in [0.2, 0.25) is 17.7 Å². The highest BCUT2D eigenvalue weighted by atomic mass is 19.1. The summed E-state index contributed by atoms with van der Waals surface area (Å²) >= 11 is 0. The molecule has 0 aliphatic rings. The van der Waals surface area contributed by atoms with Crippen molar-refractivity contribution < 1.29 is 18.8 Å². The van der Waals surface area contributed by atoms with Gasteiger partial charge in [0.25, 0.3) is 0 Å². The Bertz CT molecular complexity index is 1370. The summed E-state index contributed by atoms with van der Waals surface area (Å²) in [6, 6.07) is 21.9. The van der Waals surface area contributed by atoms with E-state index in [9.17, 15) is 18.8 Å². The molecule has 222 valence electrons. The van der Waals surface area contributed by atoms with Gasteiger partial charge in [0.15, 0.2) is 0 Å². The van der Waals surface area contributed by atoms with Crippen LogP contribution in [0.5, 0.6) is 0 Å². The molecule has 0 saturated carbocycles. The molecular weight excluding hydrogens is 531 g/mol. The lowest BCUT2D eigenvalue weighted by atomic mass is 9.98. The molecule has 0 radical (unpaired) electrons. The zero-order chi connectivity index (χ0) is 30.9. The van der Waals surface area contributed by atoms with Crippen LogP contribution in [0.15, 0.2) is 91.0 Å². The number of carbonyl (C=O) groups excluding carboxylic acids is 3. The van der Waals surface area contributed by atoms with E-state index in [4.69, 9.17) is 5.73 Å². The number of benzene rings is 3. The van der Waals surface area contributed by atoms with E-state index in [2.05, 4.69) is 5.32 Å². The summed E-state index contributed by atoms with van der Waals surface area (Å²) in [6.07, 6.45) is 4.06. The number of hydrogen-bond donors (Lipinski definition) is 2. The van der Waals surface area contributed by atoms with Gasteiger partial charge in [-0.15, -0.1) is 0 Å². The van der Waals surface area contributed by atoms with Crippen molar-refractivity contribution in [2.24, 2.45) is 5.73 Å². The second-order valence-electron chi connectivity index (χ2n) is 11.2. The Morgan fingerprint density at radius 3 is 1.90 bits per heavy atom. The lowest BCUT2D eigenvalue weighted by Gasteiger charge is -2.34. The molecule has 2 atom stereocenters. The van der Waals surface area contributed by atoms with Gasteiger partial charge < -0.3 is 20.9 Å². The Morgan fingerprint density at radius 1 is 0.833 bits per heavy atom. The Balaban J connectivity index is 1.90. The van der Waals surface area contributed by atoms with Crippen LogP contribution in [-0.4, -0.2) is 66.3 Å². The molecule has 0 saturated heterocycles. The van der Waals surface area contributed by atoms with E-state index in [0.29, 0.717) is 12.0 Å². The van der Waals surface area contributed by atoms with Crippen LogP contribution in [0.25, 0.3) is 11.1 Å². The molecule has 0 heterocycles. The van der Waals surface area contributed by atoms with Crippen molar-refractivity contribution in [2.75, 3.05) is 21.1 Å². The van der Waals surface area contributed by atoms with Crippen LogP contribution in [0, 0.1) is 5.82 Å². The minimum atomic E-state index is -0.888. The predicted octanol–water partition coefficient (Wildman–Crippen LogP) is 4.36. The molecule has 0 aliphatic heterocycles. The van der Waals surface area contributed by atoms with Crippen LogP contribution >= 0.6 is 0 Å². The molecule has 3 aromatic rings. The van der Waals surface area contributed by atoms with Crippen LogP contribution in [0.3, 0.4) is 0 Å². The standard InChI is InChI=1S/C34H41FN4O3/c1-34(2,36)21-9-12-31(40)38(4)30(23-24-13-17-27(18-14-24)26-10-7-6-8-11-26)33(42)39(5)29(32(41)37-3)22-25-15-19-28(35)20-16-25/h6-20,29-30H,21-23,36H2,1-5H3,(H,37,41)/b12-9+/t29-,30-/m1/s1. The lowest BCUT2D eigenvalue weighted by Crippen LogP contribution is -2.55. The van der Waals surface area contributed by atoms with Crippen molar-refractivity contribution in [1.82, 2.24) is 15.1 Å². The van der Waals surface area contributed by atoms with Crippen LogP contribution in [0.4, 0.5) is 4.39 Å². The molecule has 0 fully saturated rings. The van der Waals surface area contributed by atoms with Gasteiger partial charge in [-0.1, -0.05) is 72.8 Å². The monoisotopic (exact) mass is 572 g/mol. The largest absolute Gasteiger partial charge is 0.357 e. The zero-order valence-corrected chi connectivity index (χ0v) is 25.0. The summed E-state index contributed by atoms with van der Waals surface area (Å²) in [5.74, 6) is -1.48. The van der Waals surface area contributed by atoms with E-state index >= 15 is 0 Å². The first kappa shape index (κ1) is 32.2. The van der Waals surface area contributed by atoms with Crippen molar-refractivity contribution in [3.05, 3.63) is 108 Å².